The van der Waals surface area contributed by atoms with Crippen molar-refractivity contribution in [2.45, 2.75) is 0 Å². The first-order chi connectivity index (χ1) is 10.2. The Kier molecular flexibility index (Phi) is 4.88. The third-order valence-corrected chi connectivity index (χ3v) is 2.72. The van der Waals surface area contributed by atoms with Crippen LogP contribution in [-0.2, 0) is 4.79 Å². The van der Waals surface area contributed by atoms with E-state index in [1.165, 1.54) is 12.1 Å². The van der Waals surface area contributed by atoms with Crippen molar-refractivity contribution in [2.24, 2.45) is 0 Å². The van der Waals surface area contributed by atoms with Crippen LogP contribution in [0, 0.1) is 0 Å². The Morgan fingerprint density at radius 3 is 2.38 bits per heavy atom. The Labute approximate surface area is 122 Å². The van der Waals surface area contributed by atoms with Crippen molar-refractivity contribution in [1.82, 2.24) is 0 Å². The summed E-state index contributed by atoms with van der Waals surface area (Å²) >= 11 is 0. The van der Waals surface area contributed by atoms with Crippen molar-refractivity contribution in [3.8, 4) is 11.5 Å². The van der Waals surface area contributed by atoms with Crippen LogP contribution in [0.4, 0.5) is 0 Å². The molecule has 0 radical (unpaired) electrons. The van der Waals surface area contributed by atoms with Crippen LogP contribution in [0.2, 0.25) is 0 Å². The van der Waals surface area contributed by atoms with E-state index in [2.05, 4.69) is 0 Å². The number of methoxy groups -OCH3 is 1. The van der Waals surface area contributed by atoms with E-state index in [9.17, 15) is 9.59 Å². The van der Waals surface area contributed by atoms with Gasteiger partial charge in [0, 0.05) is 11.6 Å². The molecule has 0 N–H and O–H groups in total. The molecule has 4 nitrogen and oxygen atoms in total. The molecule has 2 aromatic carbocycles. The van der Waals surface area contributed by atoms with Gasteiger partial charge >= 0.3 is 5.97 Å². The molecule has 0 fully saturated rings. The number of hydrogen-bond donors (Lipinski definition) is 0. The Morgan fingerprint density at radius 2 is 1.67 bits per heavy atom. The third kappa shape index (κ3) is 4.31. The van der Waals surface area contributed by atoms with E-state index in [0.29, 0.717) is 23.3 Å². The molecule has 21 heavy (non-hydrogen) atoms. The van der Waals surface area contributed by atoms with Gasteiger partial charge in [-0.25, -0.2) is 4.79 Å². The van der Waals surface area contributed by atoms with Gasteiger partial charge in [-0.15, -0.1) is 0 Å². The smallest absolute Gasteiger partial charge is 0.336 e. The quantitative estimate of drug-likeness (QED) is 0.366. The minimum atomic E-state index is -0.513. The molecule has 0 aliphatic heterocycles. The maximum Gasteiger partial charge on any atom is 0.336 e. The molecule has 0 spiro atoms. The average molecular weight is 282 g/mol. The molecule has 0 unspecified atom stereocenters. The molecule has 4 heteroatoms. The zero-order valence-corrected chi connectivity index (χ0v) is 11.5. The molecular weight excluding hydrogens is 268 g/mol. The standard InChI is InChI=1S/C17H14O4/c1-20-15-6-2-4-13(10-15)8-9-17(19)21-16-7-3-5-14(11-16)12-18/h2-12H,1H3/b9-8+. The second kappa shape index (κ2) is 7.05. The maximum absolute atomic E-state index is 11.7. The first kappa shape index (κ1) is 14.5. The van der Waals surface area contributed by atoms with E-state index in [0.717, 1.165) is 5.56 Å². The van der Waals surface area contributed by atoms with Crippen LogP contribution in [0.25, 0.3) is 6.08 Å². The summed E-state index contributed by atoms with van der Waals surface area (Å²) in [6, 6.07) is 13.7. The predicted molar refractivity (Wildman–Crippen MR) is 79.5 cm³/mol. The largest absolute Gasteiger partial charge is 0.497 e. The third-order valence-electron chi connectivity index (χ3n) is 2.72. The SMILES string of the molecule is COc1cccc(/C=C/C(=O)Oc2cccc(C=O)c2)c1. The minimum absolute atomic E-state index is 0.333. The monoisotopic (exact) mass is 282 g/mol. The van der Waals surface area contributed by atoms with Gasteiger partial charge in [0.2, 0.25) is 0 Å². The van der Waals surface area contributed by atoms with Crippen LogP contribution in [-0.4, -0.2) is 19.4 Å². The van der Waals surface area contributed by atoms with Gasteiger partial charge < -0.3 is 9.47 Å². The highest BCUT2D eigenvalue weighted by atomic mass is 16.5. The van der Waals surface area contributed by atoms with Crippen molar-refractivity contribution < 1.29 is 19.1 Å². The van der Waals surface area contributed by atoms with Gasteiger partial charge in [0.1, 0.15) is 17.8 Å². The van der Waals surface area contributed by atoms with Crippen LogP contribution < -0.4 is 9.47 Å². The lowest BCUT2D eigenvalue weighted by molar-refractivity contribution is -0.128. The highest BCUT2D eigenvalue weighted by Crippen LogP contribution is 2.15. The molecule has 0 atom stereocenters. The molecule has 0 aromatic heterocycles. The first-order valence-electron chi connectivity index (χ1n) is 6.30. The summed E-state index contributed by atoms with van der Waals surface area (Å²) in [6.07, 6.45) is 3.65. The molecule has 0 saturated carbocycles. The number of benzene rings is 2. The summed E-state index contributed by atoms with van der Waals surface area (Å²) in [5, 5.41) is 0. The van der Waals surface area contributed by atoms with E-state index >= 15 is 0 Å². The molecule has 0 bridgehead atoms. The molecule has 2 rings (SSSR count). The molecule has 0 saturated heterocycles. The summed E-state index contributed by atoms with van der Waals surface area (Å²) in [4.78, 5) is 22.4. The Bertz CT molecular complexity index is 674. The highest BCUT2D eigenvalue weighted by Gasteiger charge is 2.01. The lowest BCUT2D eigenvalue weighted by Gasteiger charge is -2.02. The van der Waals surface area contributed by atoms with E-state index in [1.807, 2.05) is 18.2 Å². The zero-order valence-electron chi connectivity index (χ0n) is 11.5. The number of carbonyl (C=O) groups excluding carboxylic acids is 2. The lowest BCUT2D eigenvalue weighted by Crippen LogP contribution is -2.03. The molecule has 2 aromatic rings. The number of aldehydes is 1. The number of ether oxygens (including phenoxy) is 2. The molecule has 0 heterocycles. The van der Waals surface area contributed by atoms with Crippen LogP contribution in [0.1, 0.15) is 15.9 Å². The van der Waals surface area contributed by atoms with Gasteiger partial charge in [0.15, 0.2) is 0 Å². The van der Waals surface area contributed by atoms with Gasteiger partial charge in [0.05, 0.1) is 7.11 Å². The molecule has 0 amide bonds. The fourth-order valence-electron chi connectivity index (χ4n) is 1.71. The Morgan fingerprint density at radius 1 is 1.00 bits per heavy atom. The normalized spacial score (nSPS) is 10.3. The highest BCUT2D eigenvalue weighted by molar-refractivity contribution is 5.89. The molecule has 106 valence electrons. The van der Waals surface area contributed by atoms with Gasteiger partial charge in [-0.1, -0.05) is 24.3 Å². The Balaban J connectivity index is 2.03. The van der Waals surface area contributed by atoms with Crippen LogP contribution in [0.5, 0.6) is 11.5 Å². The summed E-state index contributed by atoms with van der Waals surface area (Å²) < 4.78 is 10.2. The molecule has 0 aliphatic carbocycles. The van der Waals surface area contributed by atoms with Crippen molar-refractivity contribution in [1.29, 1.82) is 0 Å². The lowest BCUT2D eigenvalue weighted by atomic mass is 10.2. The summed E-state index contributed by atoms with van der Waals surface area (Å²) in [7, 11) is 1.58. The van der Waals surface area contributed by atoms with Crippen molar-refractivity contribution in [3.05, 3.63) is 65.7 Å². The average Bonchev–Trinajstić information content (AvgIpc) is 2.53. The van der Waals surface area contributed by atoms with Crippen LogP contribution >= 0.6 is 0 Å². The summed E-state index contributed by atoms with van der Waals surface area (Å²) in [5.41, 5.74) is 1.28. The van der Waals surface area contributed by atoms with Gasteiger partial charge in [-0.2, -0.15) is 0 Å². The van der Waals surface area contributed by atoms with E-state index in [-0.39, 0.29) is 0 Å². The van der Waals surface area contributed by atoms with Crippen molar-refractivity contribution in [3.63, 3.8) is 0 Å². The maximum atomic E-state index is 11.7. The van der Waals surface area contributed by atoms with Gasteiger partial charge in [-0.3, -0.25) is 4.79 Å². The fourth-order valence-corrected chi connectivity index (χ4v) is 1.71. The fraction of sp³-hybridized carbons (Fsp3) is 0.0588. The van der Waals surface area contributed by atoms with Gasteiger partial charge in [-0.05, 0) is 35.9 Å². The van der Waals surface area contributed by atoms with Crippen LogP contribution in [0.3, 0.4) is 0 Å². The second-order valence-electron chi connectivity index (χ2n) is 4.22. The Hall–Kier alpha value is -2.88. The second-order valence-corrected chi connectivity index (χ2v) is 4.22. The van der Waals surface area contributed by atoms with Crippen molar-refractivity contribution >= 4 is 18.3 Å². The zero-order chi connectivity index (χ0) is 15.1. The van der Waals surface area contributed by atoms with E-state index in [4.69, 9.17) is 9.47 Å². The summed E-state index contributed by atoms with van der Waals surface area (Å²) in [6.45, 7) is 0. The minimum Gasteiger partial charge on any atom is -0.497 e. The number of esters is 1. The number of hydrogen-bond acceptors (Lipinski definition) is 4. The molecular formula is C17H14O4. The van der Waals surface area contributed by atoms with E-state index < -0.39 is 5.97 Å². The predicted octanol–water partition coefficient (Wildman–Crippen LogP) is 3.13. The summed E-state index contributed by atoms with van der Waals surface area (Å²) in [5.74, 6) is 0.532. The van der Waals surface area contributed by atoms with E-state index in [1.54, 1.807) is 37.5 Å². The van der Waals surface area contributed by atoms with Gasteiger partial charge in [0.25, 0.3) is 0 Å². The van der Waals surface area contributed by atoms with Crippen LogP contribution in [0.15, 0.2) is 54.6 Å². The number of rotatable bonds is 5. The molecule has 0 aliphatic rings. The number of carbonyl (C=O) groups is 2. The van der Waals surface area contributed by atoms with Crippen molar-refractivity contribution in [2.75, 3.05) is 7.11 Å². The first-order valence-corrected chi connectivity index (χ1v) is 6.30. The topological polar surface area (TPSA) is 52.6 Å².